The summed E-state index contributed by atoms with van der Waals surface area (Å²) in [5, 5.41) is 22.0. The van der Waals surface area contributed by atoms with Crippen LogP contribution in [0, 0.1) is 11.3 Å². The van der Waals surface area contributed by atoms with Gasteiger partial charge < -0.3 is 4.57 Å². The van der Waals surface area contributed by atoms with E-state index in [1.54, 1.807) is 11.0 Å². The lowest BCUT2D eigenvalue weighted by atomic mass is 9.95. The monoisotopic (exact) mass is 362 g/mol. The quantitative estimate of drug-likeness (QED) is 0.686. The van der Waals surface area contributed by atoms with E-state index >= 15 is 0 Å². The molecule has 3 heterocycles. The molecule has 8 heteroatoms. The first-order valence-electron chi connectivity index (χ1n) is 9.15. The summed E-state index contributed by atoms with van der Waals surface area (Å²) in [6, 6.07) is 10.1. The molecule has 0 bridgehead atoms. The first-order chi connectivity index (χ1) is 13.2. The van der Waals surface area contributed by atoms with Crippen molar-refractivity contribution < 1.29 is 0 Å². The first kappa shape index (κ1) is 17.4. The van der Waals surface area contributed by atoms with Gasteiger partial charge in [0, 0.05) is 19.5 Å². The molecule has 0 radical (unpaired) electrons. The van der Waals surface area contributed by atoms with Crippen LogP contribution in [0.2, 0.25) is 0 Å². The highest BCUT2D eigenvalue weighted by atomic mass is 15.4. The molecular weight excluding hydrogens is 340 g/mol. The molecular formula is C19H22N8. The fourth-order valence-corrected chi connectivity index (χ4v) is 3.67. The summed E-state index contributed by atoms with van der Waals surface area (Å²) >= 11 is 0. The summed E-state index contributed by atoms with van der Waals surface area (Å²) in [5.41, 5.74) is 1.92. The van der Waals surface area contributed by atoms with Crippen molar-refractivity contribution in [1.82, 2.24) is 34.4 Å². The fraction of sp³-hybridized carbons (Fsp3) is 0.421. The van der Waals surface area contributed by atoms with E-state index in [4.69, 9.17) is 5.26 Å². The summed E-state index contributed by atoms with van der Waals surface area (Å²) in [6.07, 6.45) is 5.34. The van der Waals surface area contributed by atoms with Crippen LogP contribution in [-0.2, 0) is 20.1 Å². The Kier molecular flexibility index (Phi) is 4.94. The molecule has 1 aromatic carbocycles. The lowest BCUT2D eigenvalue weighted by molar-refractivity contribution is 0.200. The van der Waals surface area contributed by atoms with Crippen LogP contribution in [0.5, 0.6) is 0 Å². The second-order valence-electron chi connectivity index (χ2n) is 6.99. The second-order valence-corrected chi connectivity index (χ2v) is 6.99. The Morgan fingerprint density at radius 1 is 1.19 bits per heavy atom. The standard InChI is InChI=1S/C19H22N8/c1-25-18(12-27-14-21-13-22-27)23-24-19(25)17-5-7-26(8-6-17)11-16-4-2-3-15(9-16)10-20/h2-4,9,13-14,17H,5-8,11-12H2,1H3. The number of hydrogen-bond donors (Lipinski definition) is 0. The molecule has 27 heavy (non-hydrogen) atoms. The summed E-state index contributed by atoms with van der Waals surface area (Å²) in [7, 11) is 2.03. The molecule has 0 unspecified atom stereocenters. The highest BCUT2D eigenvalue weighted by molar-refractivity contribution is 5.32. The van der Waals surface area contributed by atoms with E-state index in [9.17, 15) is 0 Å². The van der Waals surface area contributed by atoms with E-state index < -0.39 is 0 Å². The maximum Gasteiger partial charge on any atom is 0.154 e. The molecule has 4 rings (SSSR count). The second kappa shape index (κ2) is 7.68. The fourth-order valence-electron chi connectivity index (χ4n) is 3.67. The zero-order chi connectivity index (χ0) is 18.6. The van der Waals surface area contributed by atoms with Gasteiger partial charge in [-0.05, 0) is 43.6 Å². The Morgan fingerprint density at radius 2 is 2.04 bits per heavy atom. The molecule has 2 aromatic heterocycles. The Bertz CT molecular complexity index is 929. The van der Waals surface area contributed by atoms with Crippen molar-refractivity contribution in [3.63, 3.8) is 0 Å². The molecule has 0 aliphatic carbocycles. The van der Waals surface area contributed by atoms with Gasteiger partial charge in [-0.2, -0.15) is 10.4 Å². The molecule has 138 valence electrons. The van der Waals surface area contributed by atoms with E-state index in [1.165, 1.54) is 11.9 Å². The number of benzene rings is 1. The largest absolute Gasteiger partial charge is 0.316 e. The Labute approximate surface area is 158 Å². The van der Waals surface area contributed by atoms with Gasteiger partial charge >= 0.3 is 0 Å². The van der Waals surface area contributed by atoms with Crippen molar-refractivity contribution in [2.75, 3.05) is 13.1 Å². The number of piperidine rings is 1. The number of likely N-dealkylation sites (tertiary alicyclic amines) is 1. The number of nitriles is 1. The zero-order valence-corrected chi connectivity index (χ0v) is 15.4. The minimum absolute atomic E-state index is 0.425. The van der Waals surface area contributed by atoms with Crippen LogP contribution < -0.4 is 0 Å². The van der Waals surface area contributed by atoms with E-state index in [-0.39, 0.29) is 0 Å². The summed E-state index contributed by atoms with van der Waals surface area (Å²) in [6.45, 7) is 3.51. The Hall–Kier alpha value is -3.05. The van der Waals surface area contributed by atoms with Gasteiger partial charge in [-0.15, -0.1) is 10.2 Å². The van der Waals surface area contributed by atoms with E-state index in [2.05, 4.69) is 41.9 Å². The molecule has 3 aromatic rings. The van der Waals surface area contributed by atoms with E-state index in [1.807, 2.05) is 25.2 Å². The van der Waals surface area contributed by atoms with Crippen LogP contribution in [0.3, 0.4) is 0 Å². The third kappa shape index (κ3) is 3.88. The van der Waals surface area contributed by atoms with Crippen LogP contribution in [0.4, 0.5) is 0 Å². The molecule has 8 nitrogen and oxygen atoms in total. The van der Waals surface area contributed by atoms with Gasteiger partial charge in [0.05, 0.1) is 11.6 Å². The van der Waals surface area contributed by atoms with Crippen molar-refractivity contribution in [1.29, 1.82) is 5.26 Å². The van der Waals surface area contributed by atoms with Crippen LogP contribution in [0.1, 0.15) is 41.5 Å². The average molecular weight is 362 g/mol. The highest BCUT2D eigenvalue weighted by Gasteiger charge is 2.25. The minimum atomic E-state index is 0.425. The van der Waals surface area contributed by atoms with Gasteiger partial charge in [-0.25, -0.2) is 9.67 Å². The Morgan fingerprint density at radius 3 is 2.78 bits per heavy atom. The van der Waals surface area contributed by atoms with Crippen LogP contribution >= 0.6 is 0 Å². The Balaban J connectivity index is 1.36. The third-order valence-electron chi connectivity index (χ3n) is 5.18. The third-order valence-corrected chi connectivity index (χ3v) is 5.18. The molecule has 0 amide bonds. The van der Waals surface area contributed by atoms with Crippen LogP contribution in [0.15, 0.2) is 36.9 Å². The molecule has 1 saturated heterocycles. The summed E-state index contributed by atoms with van der Waals surface area (Å²) in [4.78, 5) is 6.41. The number of hydrogen-bond acceptors (Lipinski definition) is 6. The zero-order valence-electron chi connectivity index (χ0n) is 15.4. The smallest absolute Gasteiger partial charge is 0.154 e. The minimum Gasteiger partial charge on any atom is -0.316 e. The molecule has 0 spiro atoms. The predicted octanol–water partition coefficient (Wildman–Crippen LogP) is 1.71. The average Bonchev–Trinajstić information content (AvgIpc) is 3.34. The molecule has 1 aliphatic heterocycles. The van der Waals surface area contributed by atoms with Gasteiger partial charge in [0.1, 0.15) is 25.0 Å². The van der Waals surface area contributed by atoms with Crippen molar-refractivity contribution >= 4 is 0 Å². The SMILES string of the molecule is Cn1c(Cn2cncn2)nnc1C1CCN(Cc2cccc(C#N)c2)CC1. The molecule has 1 fully saturated rings. The van der Waals surface area contributed by atoms with Gasteiger partial charge in [0.15, 0.2) is 5.82 Å². The lowest BCUT2D eigenvalue weighted by Crippen LogP contribution is -2.33. The molecule has 0 N–H and O–H groups in total. The maximum atomic E-state index is 9.05. The van der Waals surface area contributed by atoms with E-state index in [0.717, 1.165) is 49.7 Å². The van der Waals surface area contributed by atoms with Crippen molar-refractivity contribution in [3.05, 3.63) is 59.7 Å². The van der Waals surface area contributed by atoms with Gasteiger partial charge in [-0.3, -0.25) is 4.90 Å². The van der Waals surface area contributed by atoms with Gasteiger partial charge in [-0.1, -0.05) is 12.1 Å². The number of aromatic nitrogens is 6. The van der Waals surface area contributed by atoms with Gasteiger partial charge in [0.2, 0.25) is 0 Å². The predicted molar refractivity (Wildman–Crippen MR) is 98.5 cm³/mol. The van der Waals surface area contributed by atoms with Crippen LogP contribution in [-0.4, -0.2) is 47.5 Å². The van der Waals surface area contributed by atoms with E-state index in [0.29, 0.717) is 12.5 Å². The normalized spacial score (nSPS) is 15.7. The maximum absolute atomic E-state index is 9.05. The van der Waals surface area contributed by atoms with Crippen molar-refractivity contribution in [2.45, 2.75) is 31.8 Å². The summed E-state index contributed by atoms with van der Waals surface area (Å²) in [5.74, 6) is 2.37. The van der Waals surface area contributed by atoms with Crippen molar-refractivity contribution in [2.24, 2.45) is 7.05 Å². The number of nitrogens with zero attached hydrogens (tertiary/aromatic N) is 8. The van der Waals surface area contributed by atoms with Crippen LogP contribution in [0.25, 0.3) is 0 Å². The molecule has 0 atom stereocenters. The van der Waals surface area contributed by atoms with Crippen molar-refractivity contribution in [3.8, 4) is 6.07 Å². The lowest BCUT2D eigenvalue weighted by Gasteiger charge is -2.31. The number of rotatable bonds is 5. The molecule has 0 saturated carbocycles. The summed E-state index contributed by atoms with van der Waals surface area (Å²) < 4.78 is 3.85. The molecule has 1 aliphatic rings. The highest BCUT2D eigenvalue weighted by Crippen LogP contribution is 2.27. The first-order valence-corrected chi connectivity index (χ1v) is 9.15. The topological polar surface area (TPSA) is 88.4 Å². The van der Waals surface area contributed by atoms with Gasteiger partial charge in [0.25, 0.3) is 0 Å².